The maximum absolute atomic E-state index is 12.0. The Labute approximate surface area is 190 Å². The number of carbonyl (C=O) groups is 1. The molecule has 0 radical (unpaired) electrons. The van der Waals surface area contributed by atoms with Gasteiger partial charge in [-0.15, -0.1) is 24.0 Å². The lowest BCUT2D eigenvalue weighted by Gasteiger charge is -2.29. The molecule has 0 aliphatic carbocycles. The van der Waals surface area contributed by atoms with E-state index in [9.17, 15) is 4.79 Å². The number of carbonyl (C=O) groups excluding carboxylic acids is 1. The Morgan fingerprint density at radius 1 is 1.31 bits per heavy atom. The van der Waals surface area contributed by atoms with Crippen LogP contribution in [0.4, 0.5) is 0 Å². The van der Waals surface area contributed by atoms with E-state index in [1.165, 1.54) is 0 Å². The standard InChI is InChI=1S/C20H33N5O3.HI/c1-23(2)19(26)14-22-20(21-7-5-18-4-3-11-28-18)25-8-6-17(16-25)15-24-9-12-27-13-10-24;/h3-4,11,17H,5-10,12-16H2,1-2H3,(H,21,22);1H. The summed E-state index contributed by atoms with van der Waals surface area (Å²) >= 11 is 0. The average molecular weight is 519 g/mol. The third kappa shape index (κ3) is 7.78. The first kappa shape index (κ1) is 23.9. The Morgan fingerprint density at radius 2 is 2.10 bits per heavy atom. The summed E-state index contributed by atoms with van der Waals surface area (Å²) in [6.07, 6.45) is 3.63. The molecule has 2 saturated heterocycles. The third-order valence-electron chi connectivity index (χ3n) is 5.30. The number of furan rings is 1. The molecule has 1 N–H and O–H groups in total. The summed E-state index contributed by atoms with van der Waals surface area (Å²) in [6.45, 7) is 7.67. The molecule has 0 saturated carbocycles. The second kappa shape index (κ2) is 12.4. The molecule has 8 nitrogen and oxygen atoms in total. The number of nitrogens with zero attached hydrogens (tertiary/aromatic N) is 4. The van der Waals surface area contributed by atoms with Gasteiger partial charge in [0.05, 0.1) is 19.5 Å². The minimum absolute atomic E-state index is 0. The Bertz CT molecular complexity index is 632. The van der Waals surface area contributed by atoms with Crippen molar-refractivity contribution in [2.24, 2.45) is 10.9 Å². The highest BCUT2D eigenvalue weighted by molar-refractivity contribution is 14.0. The van der Waals surface area contributed by atoms with Gasteiger partial charge >= 0.3 is 0 Å². The van der Waals surface area contributed by atoms with Gasteiger partial charge in [0.15, 0.2) is 5.96 Å². The molecule has 0 spiro atoms. The van der Waals surface area contributed by atoms with E-state index in [0.717, 1.165) is 77.0 Å². The smallest absolute Gasteiger partial charge is 0.243 e. The zero-order chi connectivity index (χ0) is 19.8. The molecule has 1 aromatic rings. The summed E-state index contributed by atoms with van der Waals surface area (Å²) in [7, 11) is 3.52. The number of likely N-dealkylation sites (tertiary alicyclic amines) is 1. The summed E-state index contributed by atoms with van der Waals surface area (Å²) in [5, 5.41) is 3.43. The van der Waals surface area contributed by atoms with Crippen molar-refractivity contribution >= 4 is 35.8 Å². The molecule has 1 amide bonds. The average Bonchev–Trinajstić information content (AvgIpc) is 3.37. The first-order chi connectivity index (χ1) is 13.6. The summed E-state index contributed by atoms with van der Waals surface area (Å²) < 4.78 is 10.8. The summed E-state index contributed by atoms with van der Waals surface area (Å²) in [5.41, 5.74) is 0. The molecule has 3 heterocycles. The van der Waals surface area contributed by atoms with Gasteiger partial charge in [-0.3, -0.25) is 9.69 Å². The van der Waals surface area contributed by atoms with Gasteiger partial charge < -0.3 is 24.3 Å². The number of amides is 1. The predicted octanol–water partition coefficient (Wildman–Crippen LogP) is 1.13. The van der Waals surface area contributed by atoms with Gasteiger partial charge in [-0.25, -0.2) is 4.99 Å². The van der Waals surface area contributed by atoms with Crippen LogP contribution in [0, 0.1) is 5.92 Å². The van der Waals surface area contributed by atoms with Crippen molar-refractivity contribution in [1.82, 2.24) is 20.0 Å². The van der Waals surface area contributed by atoms with Crippen LogP contribution in [0.2, 0.25) is 0 Å². The van der Waals surface area contributed by atoms with Crippen molar-refractivity contribution in [1.29, 1.82) is 0 Å². The topological polar surface area (TPSA) is 73.6 Å². The van der Waals surface area contributed by atoms with Crippen LogP contribution in [0.15, 0.2) is 27.8 Å². The van der Waals surface area contributed by atoms with Gasteiger partial charge in [0.2, 0.25) is 5.91 Å². The molecule has 0 bridgehead atoms. The number of guanidine groups is 1. The maximum atomic E-state index is 12.0. The SMILES string of the molecule is CN(C)C(=O)CN=C(NCCc1ccco1)N1CCC(CN2CCOCC2)C1.I. The first-order valence-corrected chi connectivity index (χ1v) is 10.2. The summed E-state index contributed by atoms with van der Waals surface area (Å²) in [4.78, 5) is 23.0. The normalized spacial score (nSPS) is 20.4. The van der Waals surface area contributed by atoms with Crippen LogP contribution in [-0.2, 0) is 16.0 Å². The molecule has 1 aromatic heterocycles. The van der Waals surface area contributed by atoms with Gasteiger partial charge in [-0.05, 0) is 24.5 Å². The Morgan fingerprint density at radius 3 is 2.79 bits per heavy atom. The Kier molecular flexibility index (Phi) is 10.2. The maximum Gasteiger partial charge on any atom is 0.243 e. The van der Waals surface area contributed by atoms with Crippen molar-refractivity contribution in [3.8, 4) is 0 Å². The molecule has 9 heteroatoms. The van der Waals surface area contributed by atoms with Crippen molar-refractivity contribution in [3.05, 3.63) is 24.2 Å². The Hall–Kier alpha value is -1.33. The molecule has 164 valence electrons. The van der Waals surface area contributed by atoms with Crippen LogP contribution >= 0.6 is 24.0 Å². The van der Waals surface area contributed by atoms with Gasteiger partial charge in [0.1, 0.15) is 12.3 Å². The second-order valence-corrected chi connectivity index (χ2v) is 7.70. The summed E-state index contributed by atoms with van der Waals surface area (Å²) in [6, 6.07) is 3.87. The summed E-state index contributed by atoms with van der Waals surface area (Å²) in [5.74, 6) is 2.41. The predicted molar refractivity (Wildman–Crippen MR) is 124 cm³/mol. The largest absolute Gasteiger partial charge is 0.469 e. The van der Waals surface area contributed by atoms with E-state index < -0.39 is 0 Å². The number of likely N-dealkylation sites (N-methyl/N-ethyl adjacent to an activating group) is 1. The molecule has 1 atom stereocenters. The quantitative estimate of drug-likeness (QED) is 0.331. The highest BCUT2D eigenvalue weighted by atomic mass is 127. The lowest BCUT2D eigenvalue weighted by atomic mass is 10.1. The monoisotopic (exact) mass is 519 g/mol. The molecule has 2 aliphatic heterocycles. The van der Waals surface area contributed by atoms with Gasteiger partial charge in [-0.1, -0.05) is 0 Å². The first-order valence-electron chi connectivity index (χ1n) is 10.2. The van der Waals surface area contributed by atoms with Crippen molar-refractivity contribution < 1.29 is 13.9 Å². The van der Waals surface area contributed by atoms with E-state index in [1.807, 2.05) is 12.1 Å². The molecule has 3 rings (SSSR count). The van der Waals surface area contributed by atoms with E-state index in [4.69, 9.17) is 9.15 Å². The van der Waals surface area contributed by atoms with Crippen molar-refractivity contribution in [2.45, 2.75) is 12.8 Å². The zero-order valence-electron chi connectivity index (χ0n) is 17.5. The van der Waals surface area contributed by atoms with Crippen LogP contribution in [0.3, 0.4) is 0 Å². The molecule has 2 aliphatic rings. The molecule has 0 aromatic carbocycles. The number of hydrogen-bond donors (Lipinski definition) is 1. The third-order valence-corrected chi connectivity index (χ3v) is 5.30. The van der Waals surface area contributed by atoms with Crippen molar-refractivity contribution in [3.63, 3.8) is 0 Å². The molecule has 29 heavy (non-hydrogen) atoms. The highest BCUT2D eigenvalue weighted by Crippen LogP contribution is 2.18. The number of hydrogen-bond acceptors (Lipinski definition) is 5. The van der Waals surface area contributed by atoms with Gasteiger partial charge in [0.25, 0.3) is 0 Å². The van der Waals surface area contributed by atoms with E-state index in [1.54, 1.807) is 25.3 Å². The lowest BCUT2D eigenvalue weighted by Crippen LogP contribution is -2.43. The number of aliphatic imine (C=N–C) groups is 1. The Balaban J connectivity index is 0.00000300. The van der Waals surface area contributed by atoms with Crippen molar-refractivity contribution in [2.75, 3.05) is 73.1 Å². The molecule has 2 fully saturated rings. The number of morpholine rings is 1. The zero-order valence-corrected chi connectivity index (χ0v) is 19.8. The minimum Gasteiger partial charge on any atom is -0.469 e. The fourth-order valence-electron chi connectivity index (χ4n) is 3.63. The molecule has 1 unspecified atom stereocenters. The lowest BCUT2D eigenvalue weighted by molar-refractivity contribution is -0.127. The fourth-order valence-corrected chi connectivity index (χ4v) is 3.63. The van der Waals surface area contributed by atoms with E-state index in [2.05, 4.69) is 20.1 Å². The number of nitrogens with one attached hydrogen (secondary N) is 1. The number of rotatable bonds is 7. The van der Waals surface area contributed by atoms with Crippen LogP contribution in [-0.4, -0.2) is 99.7 Å². The molecular weight excluding hydrogens is 485 g/mol. The van der Waals surface area contributed by atoms with E-state index >= 15 is 0 Å². The van der Waals surface area contributed by atoms with Crippen LogP contribution in [0.1, 0.15) is 12.2 Å². The number of ether oxygens (including phenoxy) is 1. The minimum atomic E-state index is 0. The van der Waals surface area contributed by atoms with Crippen LogP contribution < -0.4 is 5.32 Å². The number of halogens is 1. The highest BCUT2D eigenvalue weighted by Gasteiger charge is 2.27. The van der Waals surface area contributed by atoms with E-state index in [-0.39, 0.29) is 36.4 Å². The fraction of sp³-hybridized carbons (Fsp3) is 0.700. The van der Waals surface area contributed by atoms with Gasteiger partial charge in [-0.2, -0.15) is 0 Å². The van der Waals surface area contributed by atoms with E-state index in [0.29, 0.717) is 5.92 Å². The van der Waals surface area contributed by atoms with Gasteiger partial charge in [0, 0.05) is 59.8 Å². The molecular formula is C20H34IN5O3. The second-order valence-electron chi connectivity index (χ2n) is 7.70. The van der Waals surface area contributed by atoms with Crippen LogP contribution in [0.25, 0.3) is 0 Å². The van der Waals surface area contributed by atoms with Crippen LogP contribution in [0.5, 0.6) is 0 Å².